The zero-order valence-corrected chi connectivity index (χ0v) is 24.2. The van der Waals surface area contributed by atoms with Crippen LogP contribution in [0.4, 0.5) is 4.79 Å². The maximum Gasteiger partial charge on any atom is 0.331 e. The van der Waals surface area contributed by atoms with Gasteiger partial charge < -0.3 is 25.2 Å². The lowest BCUT2D eigenvalue weighted by molar-refractivity contribution is -0.206. The van der Waals surface area contributed by atoms with Gasteiger partial charge in [0.25, 0.3) is 0 Å². The first-order chi connectivity index (χ1) is 18.5. The normalized spacial score (nSPS) is 45.7. The Labute approximate surface area is 233 Å². The van der Waals surface area contributed by atoms with Crippen molar-refractivity contribution in [1.29, 1.82) is 0 Å². The van der Waals surface area contributed by atoms with Crippen molar-refractivity contribution in [3.8, 4) is 0 Å². The summed E-state index contributed by atoms with van der Waals surface area (Å²) in [5.74, 6) is 1.40. The van der Waals surface area contributed by atoms with E-state index < -0.39 is 5.60 Å². The predicted molar refractivity (Wildman–Crippen MR) is 148 cm³/mol. The molecule has 2 aliphatic heterocycles. The van der Waals surface area contributed by atoms with Crippen molar-refractivity contribution in [2.45, 2.75) is 95.8 Å². The van der Waals surface area contributed by atoms with Gasteiger partial charge in [0.1, 0.15) is 6.61 Å². The minimum Gasteiger partial charge on any atom is -0.458 e. The number of aliphatic hydroxyl groups excluding tert-OH is 1. The van der Waals surface area contributed by atoms with Gasteiger partial charge in [-0.15, -0.1) is 0 Å². The summed E-state index contributed by atoms with van der Waals surface area (Å²) in [6.45, 7) is 8.18. The molecule has 1 saturated heterocycles. The third-order valence-electron chi connectivity index (χ3n) is 12.8. The second kappa shape index (κ2) is 10.0. The number of β-amino-alcohol motifs (C(OH)–C–C–N with tert-alkyl or cyclic N) is 1. The molecule has 0 aromatic heterocycles. The third kappa shape index (κ3) is 4.44. The molecule has 0 radical (unpaired) electrons. The second-order valence-electron chi connectivity index (χ2n) is 14.3. The zero-order valence-electron chi connectivity index (χ0n) is 24.2. The molecular weight excluding hydrogens is 494 g/mol. The van der Waals surface area contributed by atoms with E-state index in [9.17, 15) is 19.8 Å². The molecule has 1 unspecified atom stereocenters. The maximum absolute atomic E-state index is 13.0. The Morgan fingerprint density at radius 2 is 1.95 bits per heavy atom. The molecule has 4 saturated carbocycles. The molecule has 2 amide bonds. The molecule has 9 atom stereocenters. The summed E-state index contributed by atoms with van der Waals surface area (Å²) in [5.41, 5.74) is 0.421. The standard InChI is InChI=1S/C31H49N3O5/c1-29-10-6-22(33(3)28(37)32-13-15-34-14-9-23(35)18-34)17-21(29)4-5-26-25(29)7-11-30(2)24(8-12-31(26,30)38)20-16-27(36)39-19-20/h16,21-26,35,38H,4-15,17-19H2,1-3H3,(H,32,37)/t21-,22+,23?,24-,25+,26-,29+,30-,31+/m1/s1. The molecule has 218 valence electrons. The van der Waals surface area contributed by atoms with Gasteiger partial charge in [0.2, 0.25) is 0 Å². The summed E-state index contributed by atoms with van der Waals surface area (Å²) in [6.07, 6.45) is 11.5. The van der Waals surface area contributed by atoms with Crippen LogP contribution in [0.3, 0.4) is 0 Å². The molecule has 5 fully saturated rings. The Bertz CT molecular complexity index is 1020. The van der Waals surface area contributed by atoms with Gasteiger partial charge in [0, 0.05) is 50.8 Å². The van der Waals surface area contributed by atoms with Crippen LogP contribution < -0.4 is 5.32 Å². The van der Waals surface area contributed by atoms with Crippen LogP contribution in [0.25, 0.3) is 0 Å². The number of carbonyl (C=O) groups excluding carboxylic acids is 2. The van der Waals surface area contributed by atoms with Crippen LogP contribution >= 0.6 is 0 Å². The summed E-state index contributed by atoms with van der Waals surface area (Å²) < 4.78 is 5.27. The molecule has 8 heteroatoms. The van der Waals surface area contributed by atoms with Crippen molar-refractivity contribution >= 4 is 12.0 Å². The highest BCUT2D eigenvalue weighted by atomic mass is 16.5. The van der Waals surface area contributed by atoms with Crippen LogP contribution in [-0.2, 0) is 9.53 Å². The number of cyclic esters (lactones) is 1. The number of hydrogen-bond acceptors (Lipinski definition) is 6. The van der Waals surface area contributed by atoms with Crippen molar-refractivity contribution in [1.82, 2.24) is 15.1 Å². The van der Waals surface area contributed by atoms with Crippen LogP contribution in [0.15, 0.2) is 11.6 Å². The molecule has 8 nitrogen and oxygen atoms in total. The number of amides is 2. The number of rotatable bonds is 5. The van der Waals surface area contributed by atoms with E-state index in [1.165, 1.54) is 0 Å². The fourth-order valence-corrected chi connectivity index (χ4v) is 10.4. The third-order valence-corrected chi connectivity index (χ3v) is 12.8. The number of likely N-dealkylation sites (tertiary alicyclic amines) is 1. The van der Waals surface area contributed by atoms with Crippen molar-refractivity contribution in [3.63, 3.8) is 0 Å². The number of aliphatic hydroxyl groups is 2. The molecule has 6 rings (SSSR count). The van der Waals surface area contributed by atoms with Crippen molar-refractivity contribution < 1.29 is 24.5 Å². The molecule has 39 heavy (non-hydrogen) atoms. The molecule has 4 aliphatic carbocycles. The molecule has 3 N–H and O–H groups in total. The van der Waals surface area contributed by atoms with Crippen LogP contribution in [0, 0.1) is 34.5 Å². The van der Waals surface area contributed by atoms with E-state index >= 15 is 0 Å². The van der Waals surface area contributed by atoms with E-state index in [0.29, 0.717) is 37.5 Å². The lowest BCUT2D eigenvalue weighted by Crippen LogP contribution is -2.63. The van der Waals surface area contributed by atoms with E-state index in [1.54, 1.807) is 6.08 Å². The number of hydrogen-bond donors (Lipinski definition) is 3. The van der Waals surface area contributed by atoms with Crippen molar-refractivity contribution in [2.24, 2.45) is 34.5 Å². The van der Waals surface area contributed by atoms with E-state index in [4.69, 9.17) is 4.74 Å². The molecule has 0 aromatic carbocycles. The Balaban J connectivity index is 1.09. The molecule has 6 aliphatic rings. The summed E-state index contributed by atoms with van der Waals surface area (Å²) in [7, 11) is 1.95. The summed E-state index contributed by atoms with van der Waals surface area (Å²) in [6, 6.07) is 0.272. The highest BCUT2D eigenvalue weighted by Crippen LogP contribution is 2.70. The largest absolute Gasteiger partial charge is 0.458 e. The zero-order chi connectivity index (χ0) is 27.6. The van der Waals surface area contributed by atoms with Gasteiger partial charge in [0.15, 0.2) is 0 Å². The first-order valence-corrected chi connectivity index (χ1v) is 15.6. The minimum absolute atomic E-state index is 0.0143. The average molecular weight is 544 g/mol. The Hall–Kier alpha value is -1.64. The average Bonchev–Trinajstić information content (AvgIpc) is 3.59. The second-order valence-corrected chi connectivity index (χ2v) is 14.3. The molecule has 0 spiro atoms. The first kappa shape index (κ1) is 27.5. The highest BCUT2D eigenvalue weighted by Gasteiger charge is 2.67. The van der Waals surface area contributed by atoms with Gasteiger partial charge in [-0.2, -0.15) is 0 Å². The van der Waals surface area contributed by atoms with Gasteiger partial charge in [-0.25, -0.2) is 9.59 Å². The molecular formula is C31H49N3O5. The lowest BCUT2D eigenvalue weighted by atomic mass is 9.43. The molecule has 2 heterocycles. The number of nitrogens with zero attached hydrogens (tertiary/aromatic N) is 2. The topological polar surface area (TPSA) is 102 Å². The van der Waals surface area contributed by atoms with E-state index in [1.807, 2.05) is 11.9 Å². The van der Waals surface area contributed by atoms with E-state index in [-0.39, 0.29) is 40.9 Å². The predicted octanol–water partition coefficient (Wildman–Crippen LogP) is 3.32. The Morgan fingerprint density at radius 3 is 2.67 bits per heavy atom. The monoisotopic (exact) mass is 543 g/mol. The number of fused-ring (bicyclic) bond motifs is 5. The maximum atomic E-state index is 13.0. The number of carbonyl (C=O) groups is 2. The van der Waals surface area contributed by atoms with Crippen LogP contribution in [0.1, 0.15) is 78.1 Å². The summed E-state index contributed by atoms with van der Waals surface area (Å²) in [4.78, 5) is 29.0. The molecule has 0 aromatic rings. The minimum atomic E-state index is -0.681. The van der Waals surface area contributed by atoms with Crippen LogP contribution in [-0.4, -0.2) is 89.6 Å². The van der Waals surface area contributed by atoms with Crippen LogP contribution in [0.5, 0.6) is 0 Å². The highest BCUT2D eigenvalue weighted by molar-refractivity contribution is 5.85. The lowest BCUT2D eigenvalue weighted by Gasteiger charge is -2.64. The fraction of sp³-hybridized carbons (Fsp3) is 0.871. The summed E-state index contributed by atoms with van der Waals surface area (Å²) in [5, 5.41) is 25.3. The van der Waals surface area contributed by atoms with E-state index in [2.05, 4.69) is 24.1 Å². The molecule has 0 bridgehead atoms. The van der Waals surface area contributed by atoms with Gasteiger partial charge in [-0.05, 0) is 98.9 Å². The van der Waals surface area contributed by atoms with Crippen LogP contribution in [0.2, 0.25) is 0 Å². The quantitative estimate of drug-likeness (QED) is 0.460. The van der Waals surface area contributed by atoms with Gasteiger partial charge >= 0.3 is 12.0 Å². The fourth-order valence-electron chi connectivity index (χ4n) is 10.4. The Morgan fingerprint density at radius 1 is 1.13 bits per heavy atom. The van der Waals surface area contributed by atoms with Gasteiger partial charge in [0.05, 0.1) is 11.7 Å². The van der Waals surface area contributed by atoms with Gasteiger partial charge in [-0.1, -0.05) is 13.8 Å². The van der Waals surface area contributed by atoms with Crippen molar-refractivity contribution in [2.75, 3.05) is 39.8 Å². The smallest absolute Gasteiger partial charge is 0.331 e. The number of esters is 1. The SMILES string of the molecule is CN(C(=O)NCCN1CCC(O)C1)[C@H]1CC[C@@]2(C)[C@H](CC[C@@H]3[C@@H]2CC[C@]2(C)[C@@H](C4=CC(=O)OC4)CC[C@]32O)C1. The van der Waals surface area contributed by atoms with Gasteiger partial charge in [-0.3, -0.25) is 4.90 Å². The summed E-state index contributed by atoms with van der Waals surface area (Å²) >= 11 is 0. The Kier molecular flexibility index (Phi) is 7.07. The number of nitrogens with one attached hydrogen (secondary N) is 1. The first-order valence-electron chi connectivity index (χ1n) is 15.6. The number of urea groups is 1. The number of ether oxygens (including phenoxy) is 1. The van der Waals surface area contributed by atoms with E-state index in [0.717, 1.165) is 82.9 Å². The van der Waals surface area contributed by atoms with Crippen molar-refractivity contribution in [3.05, 3.63) is 11.6 Å².